The first-order chi connectivity index (χ1) is 7.54. The quantitative estimate of drug-likeness (QED) is 0.805. The van der Waals surface area contributed by atoms with Crippen LogP contribution in [0, 0.1) is 11.7 Å². The molecule has 0 bridgehead atoms. The highest BCUT2D eigenvalue weighted by Crippen LogP contribution is 2.23. The van der Waals surface area contributed by atoms with Gasteiger partial charge in [-0.1, -0.05) is 19.1 Å². The Bertz CT molecular complexity index is 351. The van der Waals surface area contributed by atoms with E-state index in [-0.39, 0.29) is 18.3 Å². The molecule has 4 heteroatoms. The first kappa shape index (κ1) is 12.6. The number of benzene rings is 1. The molecule has 0 aliphatic rings. The summed E-state index contributed by atoms with van der Waals surface area (Å²) in [6, 6.07) is 6.11. The maximum Gasteiger partial charge on any atom is 0.307 e. The van der Waals surface area contributed by atoms with Gasteiger partial charge in [-0.2, -0.15) is 0 Å². The summed E-state index contributed by atoms with van der Waals surface area (Å²) < 4.78 is 12.7. The van der Waals surface area contributed by atoms with Crippen LogP contribution in [0.2, 0.25) is 0 Å². The van der Waals surface area contributed by atoms with E-state index in [1.165, 1.54) is 12.1 Å². The lowest BCUT2D eigenvalue weighted by atomic mass is 9.90. The summed E-state index contributed by atoms with van der Waals surface area (Å²) >= 11 is 0. The van der Waals surface area contributed by atoms with Crippen LogP contribution in [0.4, 0.5) is 4.39 Å². The third-order valence-electron chi connectivity index (χ3n) is 2.71. The number of nitrogens with two attached hydrogens (primary N) is 1. The summed E-state index contributed by atoms with van der Waals surface area (Å²) in [5.41, 5.74) is 6.31. The van der Waals surface area contributed by atoms with Crippen molar-refractivity contribution in [1.82, 2.24) is 0 Å². The van der Waals surface area contributed by atoms with Crippen LogP contribution in [0.3, 0.4) is 0 Å². The van der Waals surface area contributed by atoms with Crippen molar-refractivity contribution in [2.45, 2.75) is 19.3 Å². The van der Waals surface area contributed by atoms with Gasteiger partial charge in [-0.25, -0.2) is 4.39 Å². The predicted molar refractivity (Wildman–Crippen MR) is 59.6 cm³/mol. The van der Waals surface area contributed by atoms with Gasteiger partial charge in [-0.15, -0.1) is 0 Å². The summed E-state index contributed by atoms with van der Waals surface area (Å²) in [4.78, 5) is 10.8. The van der Waals surface area contributed by atoms with E-state index in [1.54, 1.807) is 12.1 Å². The molecule has 0 fully saturated rings. The fourth-order valence-electron chi connectivity index (χ4n) is 1.65. The largest absolute Gasteiger partial charge is 0.481 e. The third kappa shape index (κ3) is 3.31. The highest BCUT2D eigenvalue weighted by Gasteiger charge is 2.19. The Kier molecular flexibility index (Phi) is 4.43. The van der Waals surface area contributed by atoms with E-state index in [9.17, 15) is 9.18 Å². The molecule has 2 unspecified atom stereocenters. The molecule has 0 radical (unpaired) electrons. The van der Waals surface area contributed by atoms with Gasteiger partial charge in [-0.3, -0.25) is 4.79 Å². The van der Waals surface area contributed by atoms with Crippen LogP contribution in [0.1, 0.15) is 24.8 Å². The molecule has 2 atom stereocenters. The fraction of sp³-hybridized carbons (Fsp3) is 0.417. The average molecular weight is 225 g/mol. The predicted octanol–water partition coefficient (Wildman–Crippen LogP) is 1.98. The van der Waals surface area contributed by atoms with E-state index in [4.69, 9.17) is 10.8 Å². The Balaban J connectivity index is 2.67. The molecule has 1 aromatic carbocycles. The van der Waals surface area contributed by atoms with Crippen LogP contribution < -0.4 is 5.73 Å². The van der Waals surface area contributed by atoms with Crippen LogP contribution in [-0.4, -0.2) is 17.6 Å². The average Bonchev–Trinajstić information content (AvgIpc) is 2.26. The molecule has 3 nitrogen and oxygen atoms in total. The number of carboxylic acids is 1. The van der Waals surface area contributed by atoms with Gasteiger partial charge in [0.2, 0.25) is 0 Å². The zero-order valence-corrected chi connectivity index (χ0v) is 9.19. The fourth-order valence-corrected chi connectivity index (χ4v) is 1.65. The number of aliphatic carboxylic acids is 1. The summed E-state index contributed by atoms with van der Waals surface area (Å²) in [5, 5.41) is 8.87. The van der Waals surface area contributed by atoms with Gasteiger partial charge in [0.05, 0.1) is 5.92 Å². The summed E-state index contributed by atoms with van der Waals surface area (Å²) in [6.45, 7) is 2.04. The SMILES string of the molecule is CC(CC(CN)C(=O)O)c1ccc(F)cc1. The van der Waals surface area contributed by atoms with E-state index in [1.807, 2.05) is 6.92 Å². The topological polar surface area (TPSA) is 63.3 Å². The molecule has 0 aliphatic carbocycles. The Morgan fingerprint density at radius 3 is 2.44 bits per heavy atom. The van der Waals surface area contributed by atoms with Crippen LogP contribution in [0.25, 0.3) is 0 Å². The molecule has 88 valence electrons. The van der Waals surface area contributed by atoms with Gasteiger partial charge in [0.15, 0.2) is 0 Å². The minimum absolute atomic E-state index is 0.0604. The maximum absolute atomic E-state index is 12.7. The molecular weight excluding hydrogens is 209 g/mol. The standard InChI is InChI=1S/C12H16FNO2/c1-8(6-10(7-14)12(15)16)9-2-4-11(13)5-3-9/h2-5,8,10H,6-7,14H2,1H3,(H,15,16). The molecule has 0 saturated heterocycles. The molecule has 0 saturated carbocycles. The van der Waals surface area contributed by atoms with E-state index in [0.29, 0.717) is 6.42 Å². The van der Waals surface area contributed by atoms with Crippen LogP contribution in [0.15, 0.2) is 24.3 Å². The lowest BCUT2D eigenvalue weighted by molar-refractivity contribution is -0.141. The van der Waals surface area contributed by atoms with Crippen molar-refractivity contribution >= 4 is 5.97 Å². The molecule has 1 aromatic rings. The number of hydrogen-bond donors (Lipinski definition) is 2. The van der Waals surface area contributed by atoms with Gasteiger partial charge < -0.3 is 10.8 Å². The third-order valence-corrected chi connectivity index (χ3v) is 2.71. The van der Waals surface area contributed by atoms with Crippen molar-refractivity contribution in [3.05, 3.63) is 35.6 Å². The second kappa shape index (κ2) is 5.61. The monoisotopic (exact) mass is 225 g/mol. The highest BCUT2D eigenvalue weighted by molar-refractivity contribution is 5.70. The van der Waals surface area contributed by atoms with Crippen LogP contribution >= 0.6 is 0 Å². The molecule has 0 aromatic heterocycles. The number of carboxylic acid groups (broad SMARTS) is 1. The Morgan fingerprint density at radius 2 is 2.00 bits per heavy atom. The minimum Gasteiger partial charge on any atom is -0.481 e. The first-order valence-corrected chi connectivity index (χ1v) is 5.23. The van der Waals surface area contributed by atoms with Gasteiger partial charge in [-0.05, 0) is 30.0 Å². The van der Waals surface area contributed by atoms with Crippen LogP contribution in [0.5, 0.6) is 0 Å². The first-order valence-electron chi connectivity index (χ1n) is 5.23. The normalized spacial score (nSPS) is 14.4. The molecule has 0 spiro atoms. The number of carbonyl (C=O) groups is 1. The molecule has 16 heavy (non-hydrogen) atoms. The van der Waals surface area contributed by atoms with E-state index in [0.717, 1.165) is 5.56 Å². The lowest BCUT2D eigenvalue weighted by Crippen LogP contribution is -2.24. The number of halogens is 1. The van der Waals surface area contributed by atoms with Gasteiger partial charge in [0, 0.05) is 6.54 Å². The highest BCUT2D eigenvalue weighted by atomic mass is 19.1. The van der Waals surface area contributed by atoms with Gasteiger partial charge in [0.1, 0.15) is 5.82 Å². The number of rotatable bonds is 5. The number of hydrogen-bond acceptors (Lipinski definition) is 2. The van der Waals surface area contributed by atoms with Crippen molar-refractivity contribution in [2.75, 3.05) is 6.54 Å². The van der Waals surface area contributed by atoms with Crippen LogP contribution in [-0.2, 0) is 4.79 Å². The second-order valence-electron chi connectivity index (χ2n) is 3.96. The minimum atomic E-state index is -0.878. The zero-order chi connectivity index (χ0) is 12.1. The Morgan fingerprint density at radius 1 is 1.44 bits per heavy atom. The molecule has 0 heterocycles. The zero-order valence-electron chi connectivity index (χ0n) is 9.19. The van der Waals surface area contributed by atoms with Crippen molar-refractivity contribution < 1.29 is 14.3 Å². The smallest absolute Gasteiger partial charge is 0.307 e. The van der Waals surface area contributed by atoms with Gasteiger partial charge >= 0.3 is 5.97 Å². The molecule has 0 aliphatic heterocycles. The Hall–Kier alpha value is -1.42. The van der Waals surface area contributed by atoms with E-state index < -0.39 is 11.9 Å². The van der Waals surface area contributed by atoms with Gasteiger partial charge in [0.25, 0.3) is 0 Å². The van der Waals surface area contributed by atoms with E-state index in [2.05, 4.69) is 0 Å². The van der Waals surface area contributed by atoms with Crippen molar-refractivity contribution in [1.29, 1.82) is 0 Å². The molecule has 1 rings (SSSR count). The second-order valence-corrected chi connectivity index (χ2v) is 3.96. The van der Waals surface area contributed by atoms with Crippen molar-refractivity contribution in [3.8, 4) is 0 Å². The van der Waals surface area contributed by atoms with Crippen molar-refractivity contribution in [3.63, 3.8) is 0 Å². The van der Waals surface area contributed by atoms with E-state index >= 15 is 0 Å². The summed E-state index contributed by atoms with van der Waals surface area (Å²) in [7, 11) is 0. The summed E-state index contributed by atoms with van der Waals surface area (Å²) in [5.74, 6) is -1.65. The van der Waals surface area contributed by atoms with Crippen molar-refractivity contribution in [2.24, 2.45) is 11.7 Å². The summed E-state index contributed by atoms with van der Waals surface area (Å²) in [6.07, 6.45) is 0.470. The lowest BCUT2D eigenvalue weighted by Gasteiger charge is -2.16. The maximum atomic E-state index is 12.7. The molecule has 3 N–H and O–H groups in total. The molecule has 0 amide bonds. The Labute approximate surface area is 94.1 Å². The molecular formula is C12H16FNO2.